The van der Waals surface area contributed by atoms with Crippen molar-refractivity contribution in [3.63, 3.8) is 0 Å². The highest BCUT2D eigenvalue weighted by molar-refractivity contribution is 5.91. The molecule has 0 saturated heterocycles. The summed E-state index contributed by atoms with van der Waals surface area (Å²) in [5, 5.41) is 9.29. The van der Waals surface area contributed by atoms with Crippen molar-refractivity contribution in [2.24, 2.45) is 4.99 Å². The van der Waals surface area contributed by atoms with E-state index >= 15 is 0 Å². The van der Waals surface area contributed by atoms with Crippen LogP contribution >= 0.6 is 0 Å². The van der Waals surface area contributed by atoms with Gasteiger partial charge in [0, 0.05) is 23.5 Å². The number of aromatic nitrogens is 5. The van der Waals surface area contributed by atoms with E-state index in [0.717, 1.165) is 44.9 Å². The first-order chi connectivity index (χ1) is 19.2. The van der Waals surface area contributed by atoms with Gasteiger partial charge in [-0.05, 0) is 43.0 Å². The van der Waals surface area contributed by atoms with E-state index in [1.54, 1.807) is 10.9 Å². The van der Waals surface area contributed by atoms with Crippen LogP contribution in [0, 0.1) is 0 Å². The Morgan fingerprint density at radius 3 is 2.33 bits per heavy atom. The van der Waals surface area contributed by atoms with Gasteiger partial charge in [0.1, 0.15) is 11.3 Å². The number of fused-ring (bicyclic) bond motifs is 1. The van der Waals surface area contributed by atoms with Crippen molar-refractivity contribution in [2.45, 2.75) is 13.5 Å². The van der Waals surface area contributed by atoms with E-state index in [1.807, 2.05) is 110 Å². The fraction of sp³-hybridized carbons (Fsp3) is 0.0625. The number of benzene rings is 3. The average molecular weight is 511 g/mol. The molecule has 7 heteroatoms. The lowest BCUT2D eigenvalue weighted by molar-refractivity contribution is 0.671. The summed E-state index contributed by atoms with van der Waals surface area (Å²) in [6, 6.07) is 27.6. The molecule has 3 heterocycles. The van der Waals surface area contributed by atoms with Gasteiger partial charge in [-0.2, -0.15) is 14.7 Å². The maximum atomic E-state index is 14.3. The molecule has 7 nitrogen and oxygen atoms in total. The molecular weight excluding hydrogens is 484 g/mol. The minimum Gasteiger partial charge on any atom is -0.341 e. The fourth-order valence-corrected chi connectivity index (χ4v) is 4.94. The van der Waals surface area contributed by atoms with Gasteiger partial charge in [-0.15, -0.1) is 0 Å². The smallest absolute Gasteiger partial charge is 0.282 e. The Labute approximate surface area is 225 Å². The maximum Gasteiger partial charge on any atom is 0.282 e. The number of nitrogens with zero attached hydrogens (tertiary/aromatic N) is 5. The number of H-pyrrole nitrogens is 1. The summed E-state index contributed by atoms with van der Waals surface area (Å²) < 4.78 is 3.29. The number of hydrogen-bond acceptors (Lipinski definition) is 4. The maximum absolute atomic E-state index is 14.3. The van der Waals surface area contributed by atoms with Crippen molar-refractivity contribution < 1.29 is 0 Å². The zero-order valence-corrected chi connectivity index (χ0v) is 21.5. The first kappa shape index (κ1) is 24.1. The molecule has 0 unspecified atom stereocenters. The molecule has 0 amide bonds. The van der Waals surface area contributed by atoms with Gasteiger partial charge in [0.25, 0.3) is 5.56 Å². The Bertz CT molecular complexity index is 1860. The van der Waals surface area contributed by atoms with Gasteiger partial charge in [-0.1, -0.05) is 78.9 Å². The van der Waals surface area contributed by atoms with Crippen molar-refractivity contribution in [1.29, 1.82) is 0 Å². The van der Waals surface area contributed by atoms with Crippen LogP contribution < -0.4 is 5.56 Å². The fourth-order valence-electron chi connectivity index (χ4n) is 4.94. The van der Waals surface area contributed by atoms with Gasteiger partial charge in [0.15, 0.2) is 0 Å². The number of hydrogen-bond donors (Lipinski definition) is 1. The van der Waals surface area contributed by atoms with Gasteiger partial charge < -0.3 is 4.98 Å². The summed E-state index contributed by atoms with van der Waals surface area (Å²) in [6.07, 6.45) is 7.51. The molecule has 0 fully saturated rings. The highest BCUT2D eigenvalue weighted by Gasteiger charge is 2.23. The van der Waals surface area contributed by atoms with Crippen LogP contribution in [-0.4, -0.2) is 31.1 Å². The second-order valence-corrected chi connectivity index (χ2v) is 9.14. The third kappa shape index (κ3) is 4.40. The minimum absolute atomic E-state index is 0.212. The third-order valence-electron chi connectivity index (χ3n) is 6.68. The lowest BCUT2D eigenvalue weighted by Crippen LogP contribution is -2.21. The average Bonchev–Trinajstić information content (AvgIpc) is 3.63. The monoisotopic (exact) mass is 510 g/mol. The van der Waals surface area contributed by atoms with E-state index in [4.69, 9.17) is 5.10 Å². The van der Waals surface area contributed by atoms with E-state index in [0.29, 0.717) is 17.8 Å². The van der Waals surface area contributed by atoms with E-state index in [-0.39, 0.29) is 5.56 Å². The summed E-state index contributed by atoms with van der Waals surface area (Å²) in [5.41, 5.74) is 7.58. The Morgan fingerprint density at radius 1 is 0.923 bits per heavy atom. The molecule has 6 aromatic rings. The van der Waals surface area contributed by atoms with Crippen LogP contribution in [0.25, 0.3) is 45.2 Å². The van der Waals surface area contributed by atoms with E-state index in [1.165, 1.54) is 4.52 Å². The van der Waals surface area contributed by atoms with E-state index < -0.39 is 0 Å². The summed E-state index contributed by atoms with van der Waals surface area (Å²) in [7, 11) is 0. The molecule has 190 valence electrons. The van der Waals surface area contributed by atoms with Crippen molar-refractivity contribution in [3.8, 4) is 33.5 Å². The quantitative estimate of drug-likeness (QED) is 0.245. The molecule has 0 aliphatic rings. The van der Waals surface area contributed by atoms with Crippen LogP contribution in [-0.2, 0) is 6.54 Å². The second kappa shape index (κ2) is 10.2. The number of nitrogens with one attached hydrogen (secondary N) is 1. The summed E-state index contributed by atoms with van der Waals surface area (Å²) in [5.74, 6) is 0. The summed E-state index contributed by atoms with van der Waals surface area (Å²) in [4.78, 5) is 22.1. The number of rotatable bonds is 7. The predicted molar refractivity (Wildman–Crippen MR) is 157 cm³/mol. The normalized spacial score (nSPS) is 11.4. The summed E-state index contributed by atoms with van der Waals surface area (Å²) in [6.45, 7) is 6.02. The molecule has 39 heavy (non-hydrogen) atoms. The first-order valence-corrected chi connectivity index (χ1v) is 12.7. The molecule has 1 N–H and O–H groups in total. The molecule has 0 spiro atoms. The Morgan fingerprint density at radius 2 is 1.67 bits per heavy atom. The summed E-state index contributed by atoms with van der Waals surface area (Å²) >= 11 is 0. The molecule has 0 radical (unpaired) electrons. The lowest BCUT2D eigenvalue weighted by atomic mass is 9.99. The molecular formula is C32H26N6O. The highest BCUT2D eigenvalue weighted by Crippen LogP contribution is 2.35. The molecule has 0 aliphatic heterocycles. The molecule has 6 rings (SSSR count). The first-order valence-electron chi connectivity index (χ1n) is 12.7. The second-order valence-electron chi connectivity index (χ2n) is 9.14. The van der Waals surface area contributed by atoms with Crippen molar-refractivity contribution >= 4 is 24.1 Å². The van der Waals surface area contributed by atoms with Gasteiger partial charge in [-0.3, -0.25) is 14.5 Å². The number of aromatic amines is 1. The molecule has 3 aromatic carbocycles. The van der Waals surface area contributed by atoms with Crippen molar-refractivity contribution in [2.75, 3.05) is 0 Å². The minimum atomic E-state index is -0.212. The van der Waals surface area contributed by atoms with Crippen LogP contribution in [0.5, 0.6) is 0 Å². The molecule has 0 bridgehead atoms. The van der Waals surface area contributed by atoms with Gasteiger partial charge in [-0.25, -0.2) is 0 Å². The van der Waals surface area contributed by atoms with Crippen LogP contribution in [0.1, 0.15) is 18.2 Å². The highest BCUT2D eigenvalue weighted by atomic mass is 16.1. The van der Waals surface area contributed by atoms with Crippen molar-refractivity contribution in [1.82, 2.24) is 24.4 Å². The Balaban J connectivity index is 1.69. The van der Waals surface area contributed by atoms with Crippen LogP contribution in [0.4, 0.5) is 5.69 Å². The van der Waals surface area contributed by atoms with E-state index in [9.17, 15) is 4.79 Å². The van der Waals surface area contributed by atoms with Crippen LogP contribution in [0.15, 0.2) is 113 Å². The lowest BCUT2D eigenvalue weighted by Gasteiger charge is -2.13. The number of aliphatic imine (C=N–C) groups is 1. The largest absolute Gasteiger partial charge is 0.341 e. The zero-order valence-electron chi connectivity index (χ0n) is 21.5. The molecule has 0 atom stereocenters. The number of allylic oxidation sites excluding steroid dienone is 1. The van der Waals surface area contributed by atoms with Gasteiger partial charge >= 0.3 is 0 Å². The Hall–Kier alpha value is -5.30. The topological polar surface area (TPSA) is 80.3 Å². The van der Waals surface area contributed by atoms with Crippen LogP contribution in [0.2, 0.25) is 0 Å². The van der Waals surface area contributed by atoms with Gasteiger partial charge in [0.05, 0.1) is 29.1 Å². The Kier molecular flexibility index (Phi) is 6.31. The van der Waals surface area contributed by atoms with Crippen LogP contribution in [0.3, 0.4) is 0 Å². The van der Waals surface area contributed by atoms with E-state index in [2.05, 4.69) is 21.8 Å². The van der Waals surface area contributed by atoms with Gasteiger partial charge in [0.2, 0.25) is 0 Å². The molecule has 0 aliphatic carbocycles. The molecule has 3 aromatic heterocycles. The zero-order chi connectivity index (χ0) is 26.8. The van der Waals surface area contributed by atoms with Crippen molar-refractivity contribution in [3.05, 3.63) is 125 Å². The standard InChI is InChI=1S/C32H26N6O/c1-3-11-24-20-25(16-17-26(24)33-2)28-27(21-37-19-10-18-34-37)35-31-29(22-12-6-4-7-13-22)30(36-38(31)32(28)39)23-14-8-5-9-15-23/h3-20,35H,2,21H2,1H3/b11-3-. The third-order valence-corrected chi connectivity index (χ3v) is 6.68. The SMILES string of the molecule is C=Nc1ccc(-c2c(Cn3cccn3)[nH]c3c(-c4ccccc4)c(-c4ccccc4)nn3c2=O)cc1/C=C\C. The predicted octanol–water partition coefficient (Wildman–Crippen LogP) is 6.63. The molecule has 0 saturated carbocycles.